The summed E-state index contributed by atoms with van der Waals surface area (Å²) in [5.74, 6) is 0.479. The number of furan rings is 1. The third kappa shape index (κ3) is 3.74. The Balaban J connectivity index is 1.89. The lowest BCUT2D eigenvalue weighted by atomic mass is 10.0. The Bertz CT molecular complexity index is 904. The third-order valence-electron chi connectivity index (χ3n) is 3.95. The van der Waals surface area contributed by atoms with E-state index in [4.69, 9.17) is 4.42 Å². The zero-order valence-corrected chi connectivity index (χ0v) is 14.8. The predicted octanol–water partition coefficient (Wildman–Crippen LogP) is 2.74. The van der Waals surface area contributed by atoms with Crippen molar-refractivity contribution in [3.05, 3.63) is 54.0 Å². The Labute approximate surface area is 146 Å². The number of sulfonamides is 1. The number of carbonyl (C=O) groups is 1. The van der Waals surface area contributed by atoms with Crippen LogP contribution in [0.1, 0.15) is 37.6 Å². The first-order chi connectivity index (χ1) is 11.9. The van der Waals surface area contributed by atoms with Gasteiger partial charge in [-0.15, -0.1) is 0 Å². The third-order valence-corrected chi connectivity index (χ3v) is 5.26. The van der Waals surface area contributed by atoms with Crippen LogP contribution in [0.25, 0.3) is 0 Å². The van der Waals surface area contributed by atoms with Gasteiger partial charge in [0.25, 0.3) is 0 Å². The molecule has 0 bridgehead atoms. The van der Waals surface area contributed by atoms with Crippen LogP contribution in [0, 0.1) is 0 Å². The van der Waals surface area contributed by atoms with Crippen molar-refractivity contribution in [1.29, 1.82) is 0 Å². The van der Waals surface area contributed by atoms with Crippen molar-refractivity contribution in [2.24, 2.45) is 5.10 Å². The quantitative estimate of drug-likeness (QED) is 0.886. The highest BCUT2D eigenvalue weighted by molar-refractivity contribution is 7.92. The summed E-state index contributed by atoms with van der Waals surface area (Å²) < 4.78 is 31.4. The van der Waals surface area contributed by atoms with Crippen molar-refractivity contribution in [3.8, 4) is 0 Å². The van der Waals surface area contributed by atoms with Gasteiger partial charge in [0.15, 0.2) is 0 Å². The highest BCUT2D eigenvalue weighted by atomic mass is 32.2. The Morgan fingerprint density at radius 3 is 2.80 bits per heavy atom. The number of anilines is 1. The van der Waals surface area contributed by atoms with Gasteiger partial charge in [0.05, 0.1) is 17.7 Å². The molecule has 1 atom stereocenters. The van der Waals surface area contributed by atoms with E-state index in [0.29, 0.717) is 23.6 Å². The molecule has 0 fully saturated rings. The predicted molar refractivity (Wildman–Crippen MR) is 94.6 cm³/mol. The molecule has 1 aromatic carbocycles. The van der Waals surface area contributed by atoms with E-state index in [9.17, 15) is 13.2 Å². The van der Waals surface area contributed by atoms with E-state index in [-0.39, 0.29) is 17.7 Å². The van der Waals surface area contributed by atoms with Crippen LogP contribution in [-0.2, 0) is 14.8 Å². The van der Waals surface area contributed by atoms with E-state index < -0.39 is 10.0 Å². The molecule has 0 aliphatic carbocycles. The highest BCUT2D eigenvalue weighted by Gasteiger charge is 2.33. The number of hydrazone groups is 1. The molecule has 1 aliphatic heterocycles. The highest BCUT2D eigenvalue weighted by Crippen LogP contribution is 2.33. The monoisotopic (exact) mass is 361 g/mol. The average molecular weight is 361 g/mol. The Morgan fingerprint density at radius 1 is 1.36 bits per heavy atom. The summed E-state index contributed by atoms with van der Waals surface area (Å²) in [4.78, 5) is 11.9. The first-order valence-corrected chi connectivity index (χ1v) is 9.56. The van der Waals surface area contributed by atoms with Gasteiger partial charge in [0.2, 0.25) is 15.9 Å². The Kier molecular flexibility index (Phi) is 4.63. The molecule has 0 saturated heterocycles. The van der Waals surface area contributed by atoms with Crippen LogP contribution >= 0.6 is 0 Å². The molecule has 0 saturated carbocycles. The number of hydrogen-bond acceptors (Lipinski definition) is 5. The van der Waals surface area contributed by atoms with Gasteiger partial charge in [-0.1, -0.05) is 12.1 Å². The molecular formula is C17H19N3O4S. The Hall–Kier alpha value is -2.61. The summed E-state index contributed by atoms with van der Waals surface area (Å²) in [7, 11) is -3.35. The fourth-order valence-corrected chi connectivity index (χ4v) is 3.32. The maximum Gasteiger partial charge on any atom is 0.240 e. The molecule has 1 amide bonds. The van der Waals surface area contributed by atoms with Crippen molar-refractivity contribution >= 4 is 27.3 Å². The number of nitrogens with one attached hydrogen (secondary N) is 1. The maximum atomic E-state index is 11.9. The van der Waals surface area contributed by atoms with Crippen LogP contribution in [0.15, 0.2) is 52.2 Å². The molecule has 0 radical (unpaired) electrons. The van der Waals surface area contributed by atoms with Gasteiger partial charge in [-0.2, -0.15) is 5.10 Å². The molecular weight excluding hydrogens is 342 g/mol. The van der Waals surface area contributed by atoms with E-state index in [1.54, 1.807) is 37.5 Å². The lowest BCUT2D eigenvalue weighted by Gasteiger charge is -2.17. The fraction of sp³-hybridized carbons (Fsp3) is 0.294. The Morgan fingerprint density at radius 2 is 2.16 bits per heavy atom. The van der Waals surface area contributed by atoms with Gasteiger partial charge in [0, 0.05) is 19.0 Å². The van der Waals surface area contributed by atoms with E-state index in [1.807, 2.05) is 12.1 Å². The first kappa shape index (κ1) is 17.2. The van der Waals surface area contributed by atoms with Gasteiger partial charge >= 0.3 is 0 Å². The number of carbonyl (C=O) groups excluding carboxylic acids is 1. The van der Waals surface area contributed by atoms with Crippen molar-refractivity contribution in [3.63, 3.8) is 0 Å². The summed E-state index contributed by atoms with van der Waals surface area (Å²) in [6.45, 7) is 3.03. The van der Waals surface area contributed by atoms with Crippen molar-refractivity contribution in [1.82, 2.24) is 5.01 Å². The molecule has 1 N–H and O–H groups in total. The fourth-order valence-electron chi connectivity index (χ4n) is 2.69. The van der Waals surface area contributed by atoms with Crippen LogP contribution < -0.4 is 4.72 Å². The minimum absolute atomic E-state index is 0.00312. The van der Waals surface area contributed by atoms with E-state index in [0.717, 1.165) is 5.56 Å². The molecule has 0 spiro atoms. The van der Waals surface area contributed by atoms with Crippen LogP contribution in [0.4, 0.5) is 5.69 Å². The molecule has 8 heteroatoms. The second-order valence-electron chi connectivity index (χ2n) is 5.73. The molecule has 3 rings (SSSR count). The molecule has 2 aromatic rings. The van der Waals surface area contributed by atoms with Crippen molar-refractivity contribution < 1.29 is 17.6 Å². The minimum Gasteiger partial charge on any atom is -0.467 e. The lowest BCUT2D eigenvalue weighted by Crippen LogP contribution is -2.23. The van der Waals surface area contributed by atoms with Crippen molar-refractivity contribution in [2.75, 3.05) is 10.5 Å². The van der Waals surface area contributed by atoms with E-state index in [2.05, 4.69) is 9.82 Å². The number of rotatable bonds is 5. The second kappa shape index (κ2) is 6.72. The van der Waals surface area contributed by atoms with Gasteiger partial charge < -0.3 is 4.42 Å². The van der Waals surface area contributed by atoms with Gasteiger partial charge in [-0.3, -0.25) is 9.52 Å². The number of nitrogens with zero attached hydrogens (tertiary/aromatic N) is 2. The summed E-state index contributed by atoms with van der Waals surface area (Å²) in [6.07, 6.45) is 2.06. The van der Waals surface area contributed by atoms with Crippen LogP contribution in [0.2, 0.25) is 0 Å². The van der Waals surface area contributed by atoms with Crippen LogP contribution in [0.5, 0.6) is 0 Å². The van der Waals surface area contributed by atoms with E-state index in [1.165, 1.54) is 11.9 Å². The topological polar surface area (TPSA) is 92.0 Å². The zero-order valence-electron chi connectivity index (χ0n) is 14.0. The zero-order chi connectivity index (χ0) is 18.0. The summed E-state index contributed by atoms with van der Waals surface area (Å²) in [5, 5.41) is 5.82. The first-order valence-electron chi connectivity index (χ1n) is 7.91. The molecule has 1 aliphatic rings. The molecule has 25 heavy (non-hydrogen) atoms. The molecule has 1 aromatic heterocycles. The minimum atomic E-state index is -3.35. The van der Waals surface area contributed by atoms with E-state index >= 15 is 0 Å². The standard InChI is InChI=1S/C17H19N3O4S/c1-3-25(22,23)19-14-7-4-6-13(10-14)15-11-16(17-8-5-9-24-17)20(18-15)12(2)21/h4-10,16,19H,3,11H2,1-2H3. The normalized spacial score (nSPS) is 17.4. The number of hydrogen-bond donors (Lipinski definition) is 1. The van der Waals surface area contributed by atoms with Crippen LogP contribution in [0.3, 0.4) is 0 Å². The van der Waals surface area contributed by atoms with Gasteiger partial charge in [0.1, 0.15) is 11.8 Å². The summed E-state index contributed by atoms with van der Waals surface area (Å²) in [5.41, 5.74) is 1.93. The number of benzene rings is 1. The number of amides is 1. The van der Waals surface area contributed by atoms with Gasteiger partial charge in [-0.25, -0.2) is 13.4 Å². The lowest BCUT2D eigenvalue weighted by molar-refractivity contribution is -0.130. The maximum absolute atomic E-state index is 11.9. The largest absolute Gasteiger partial charge is 0.467 e. The SMILES string of the molecule is CCS(=O)(=O)Nc1cccc(C2=NN(C(C)=O)C(c3ccco3)C2)c1. The van der Waals surface area contributed by atoms with Crippen molar-refractivity contribution in [2.45, 2.75) is 26.3 Å². The average Bonchev–Trinajstić information content (AvgIpc) is 3.24. The second-order valence-corrected chi connectivity index (χ2v) is 7.74. The van der Waals surface area contributed by atoms with Crippen LogP contribution in [-0.4, -0.2) is 30.8 Å². The van der Waals surface area contributed by atoms with Gasteiger partial charge in [-0.05, 0) is 36.8 Å². The summed E-state index contributed by atoms with van der Waals surface area (Å²) >= 11 is 0. The summed E-state index contributed by atoms with van der Waals surface area (Å²) in [6, 6.07) is 10.3. The molecule has 2 heterocycles. The molecule has 132 valence electrons. The smallest absolute Gasteiger partial charge is 0.240 e. The molecule has 7 nitrogen and oxygen atoms in total. The molecule has 1 unspecified atom stereocenters.